The van der Waals surface area contributed by atoms with Gasteiger partial charge < -0.3 is 9.80 Å². The van der Waals surface area contributed by atoms with Crippen LogP contribution in [0.4, 0.5) is 34.1 Å². The van der Waals surface area contributed by atoms with Crippen molar-refractivity contribution in [1.82, 2.24) is 0 Å². The Morgan fingerprint density at radius 1 is 0.300 bits per heavy atom. The number of anilines is 6. The zero-order valence-electron chi connectivity index (χ0n) is 41.8. The third kappa shape index (κ3) is 6.74. The molecule has 0 aliphatic heterocycles. The Morgan fingerprint density at radius 2 is 0.643 bits per heavy atom. The lowest BCUT2D eigenvalue weighted by Crippen LogP contribution is -2.23. The minimum Gasteiger partial charge on any atom is -0.310 e. The van der Waals surface area contributed by atoms with Crippen LogP contribution in [0.2, 0.25) is 0 Å². The van der Waals surface area contributed by atoms with E-state index < -0.39 is 5.41 Å². The Morgan fingerprint density at radius 3 is 1.06 bits per heavy atom. The molecule has 2 nitrogen and oxygen atoms in total. The topological polar surface area (TPSA) is 6.48 Å². The van der Waals surface area contributed by atoms with Crippen LogP contribution in [0, 0.1) is 0 Å². The summed E-state index contributed by atoms with van der Waals surface area (Å²) in [5.41, 5.74) is 26.4. The fourth-order valence-corrected chi connectivity index (χ4v) is 12.7. The third-order valence-corrected chi connectivity index (χ3v) is 16.3. The molecule has 0 unspecified atom stereocenters. The van der Waals surface area contributed by atoms with Crippen molar-refractivity contribution < 1.29 is 0 Å². The predicted molar refractivity (Wildman–Crippen MR) is 296 cm³/mol. The van der Waals surface area contributed by atoms with Gasteiger partial charge in [0.2, 0.25) is 0 Å². The van der Waals surface area contributed by atoms with Crippen LogP contribution in [-0.2, 0) is 29.1 Å². The van der Waals surface area contributed by atoms with Crippen LogP contribution in [0.5, 0.6) is 0 Å². The van der Waals surface area contributed by atoms with Crippen LogP contribution >= 0.6 is 0 Å². The minimum atomic E-state index is -0.452. The summed E-state index contributed by atoms with van der Waals surface area (Å²) < 4.78 is 0. The van der Waals surface area contributed by atoms with E-state index in [2.05, 4.69) is 258 Å². The highest BCUT2D eigenvalue weighted by atomic mass is 15.1. The normalized spacial score (nSPS) is 14.8. The molecule has 2 heteroatoms. The van der Waals surface area contributed by atoms with Crippen molar-refractivity contribution in [2.24, 2.45) is 0 Å². The van der Waals surface area contributed by atoms with Gasteiger partial charge in [0.05, 0.1) is 0 Å². The number of rotatable bonds is 11. The van der Waals surface area contributed by atoms with Gasteiger partial charge in [-0.3, -0.25) is 0 Å². The molecule has 0 amide bonds. The van der Waals surface area contributed by atoms with E-state index in [0.717, 1.165) is 37.1 Å². The van der Waals surface area contributed by atoms with Crippen LogP contribution in [0.15, 0.2) is 200 Å². The van der Waals surface area contributed by atoms with Crippen LogP contribution in [0.1, 0.15) is 111 Å². The van der Waals surface area contributed by atoms with Crippen molar-refractivity contribution in [2.45, 2.75) is 90.4 Å². The summed E-state index contributed by atoms with van der Waals surface area (Å²) in [4.78, 5) is 5.02. The van der Waals surface area contributed by atoms with Gasteiger partial charge in [-0.15, -0.1) is 0 Å². The van der Waals surface area contributed by atoms with Crippen LogP contribution in [-0.4, -0.2) is 0 Å². The molecule has 3 aliphatic rings. The maximum atomic E-state index is 2.51. The van der Waals surface area contributed by atoms with E-state index in [-0.39, 0.29) is 10.8 Å². The van der Waals surface area contributed by atoms with E-state index in [1.807, 2.05) is 0 Å². The summed E-state index contributed by atoms with van der Waals surface area (Å²) in [7, 11) is 0. The molecule has 0 N–H and O–H groups in total. The first kappa shape index (κ1) is 43.8. The van der Waals surface area contributed by atoms with E-state index in [1.165, 1.54) is 106 Å². The van der Waals surface area contributed by atoms with E-state index in [4.69, 9.17) is 0 Å². The van der Waals surface area contributed by atoms with Gasteiger partial charge in [0, 0.05) is 50.4 Å². The Kier molecular flexibility index (Phi) is 10.4. The van der Waals surface area contributed by atoms with Gasteiger partial charge in [-0.05, 0) is 176 Å². The molecule has 0 fully saturated rings. The number of hydrogen-bond acceptors (Lipinski definition) is 2. The van der Waals surface area contributed by atoms with Crippen molar-refractivity contribution in [3.05, 3.63) is 250 Å². The second kappa shape index (κ2) is 16.6. The summed E-state index contributed by atoms with van der Waals surface area (Å²) in [6.45, 7) is 16.5. The molecular weight excluding hydrogens is 845 g/mol. The van der Waals surface area contributed by atoms with Crippen LogP contribution in [0.3, 0.4) is 0 Å². The summed E-state index contributed by atoms with van der Waals surface area (Å²) >= 11 is 0. The average molecular weight is 907 g/mol. The molecule has 0 spiro atoms. The van der Waals surface area contributed by atoms with Gasteiger partial charge in [-0.2, -0.15) is 0 Å². The van der Waals surface area contributed by atoms with Crippen LogP contribution in [0.25, 0.3) is 33.4 Å². The van der Waals surface area contributed by atoms with E-state index in [9.17, 15) is 0 Å². The van der Waals surface area contributed by atoms with Gasteiger partial charge >= 0.3 is 0 Å². The Balaban J connectivity index is 1.03. The predicted octanol–water partition coefficient (Wildman–Crippen LogP) is 18.5. The van der Waals surface area contributed by atoms with E-state index >= 15 is 0 Å². The van der Waals surface area contributed by atoms with Gasteiger partial charge in [0.15, 0.2) is 0 Å². The van der Waals surface area contributed by atoms with Crippen molar-refractivity contribution >= 4 is 34.1 Å². The zero-order valence-corrected chi connectivity index (χ0v) is 41.8. The molecule has 70 heavy (non-hydrogen) atoms. The molecule has 9 aromatic rings. The summed E-state index contributed by atoms with van der Waals surface area (Å²) in [6.07, 6.45) is 4.28. The zero-order chi connectivity index (χ0) is 47.9. The van der Waals surface area contributed by atoms with Gasteiger partial charge in [0.25, 0.3) is 0 Å². The lowest BCUT2D eigenvalue weighted by molar-refractivity contribution is 0.660. The first-order valence-corrected chi connectivity index (χ1v) is 25.6. The van der Waals surface area contributed by atoms with Crippen molar-refractivity contribution in [3.63, 3.8) is 0 Å². The number of nitrogens with zero attached hydrogens (tertiary/aromatic N) is 2. The first-order valence-electron chi connectivity index (χ1n) is 25.6. The maximum absolute atomic E-state index is 2.51. The summed E-state index contributed by atoms with van der Waals surface area (Å²) in [5.74, 6) is 0. The fraction of sp³-hybridized carbons (Fsp3) is 0.206. The summed E-state index contributed by atoms with van der Waals surface area (Å²) in [6, 6.07) is 76.5. The molecule has 3 aliphatic carbocycles. The van der Waals surface area contributed by atoms with Gasteiger partial charge in [0.1, 0.15) is 0 Å². The van der Waals surface area contributed by atoms with Crippen molar-refractivity contribution in [2.75, 3.05) is 9.80 Å². The lowest BCUT2D eigenvalue weighted by Gasteiger charge is -2.32. The minimum absolute atomic E-state index is 0.118. The monoisotopic (exact) mass is 906 g/mol. The quantitative estimate of drug-likeness (QED) is 0.128. The number of aryl methyl sites for hydroxylation is 2. The molecule has 0 bridgehead atoms. The van der Waals surface area contributed by atoms with Crippen molar-refractivity contribution in [1.29, 1.82) is 0 Å². The molecule has 344 valence electrons. The first-order chi connectivity index (χ1) is 34.0. The van der Waals surface area contributed by atoms with E-state index in [0.29, 0.717) is 0 Å². The molecule has 0 radical (unpaired) electrons. The van der Waals surface area contributed by atoms with E-state index in [1.54, 1.807) is 0 Å². The Bertz CT molecular complexity index is 3290. The molecule has 12 rings (SSSR count). The molecule has 0 aromatic heterocycles. The second-order valence-electron chi connectivity index (χ2n) is 21.3. The average Bonchev–Trinajstić information content (AvgIpc) is 3.88. The largest absolute Gasteiger partial charge is 0.310 e. The SMILES string of the molecule is CCCc1cccc(N(c2ccc3c(c2)C(C)(C)c2ccccc2-3)c2ccc3c(c2)C(C)(c2ccccc2)c2cc(N(c4cccc(CCC)c4)c4ccc5c(c4)C(C)(C)c4ccccc4-5)ccc2-3)c1. The highest BCUT2D eigenvalue weighted by Crippen LogP contribution is 2.57. The van der Waals surface area contributed by atoms with Gasteiger partial charge in [-0.25, -0.2) is 0 Å². The Hall–Kier alpha value is -7.42. The third-order valence-electron chi connectivity index (χ3n) is 16.3. The second-order valence-corrected chi connectivity index (χ2v) is 21.3. The number of fused-ring (bicyclic) bond motifs is 9. The molecule has 0 heterocycles. The molecule has 0 saturated carbocycles. The summed E-state index contributed by atoms with van der Waals surface area (Å²) in [5, 5.41) is 0. The number of hydrogen-bond donors (Lipinski definition) is 0. The standard InChI is InChI=1S/C68H62N2/c1-8-19-45-21-17-25-48(39-45)69(50-31-35-56-54-27-13-15-29-60(54)66(3,4)62(56)41-50)52-33-37-58-59-38-34-53(44-65(59)68(7,64(58)43-52)47-23-11-10-12-24-47)70(49-26-18-22-46(40-49)20-9-2)51-32-36-57-55-28-14-16-30-61(55)67(5,6)63(57)42-51/h10-18,21-44H,8-9,19-20H2,1-7H3. The van der Waals surface area contributed by atoms with Crippen LogP contribution < -0.4 is 9.80 Å². The molecule has 0 atom stereocenters. The highest BCUT2D eigenvalue weighted by Gasteiger charge is 2.43. The number of benzene rings is 9. The fourth-order valence-electron chi connectivity index (χ4n) is 12.7. The molecular formula is C68H62N2. The highest BCUT2D eigenvalue weighted by molar-refractivity contribution is 5.92. The molecule has 9 aromatic carbocycles. The lowest BCUT2D eigenvalue weighted by atomic mass is 9.74. The smallest absolute Gasteiger partial charge is 0.0465 e. The Labute approximate surface area is 415 Å². The van der Waals surface area contributed by atoms with Crippen molar-refractivity contribution in [3.8, 4) is 33.4 Å². The maximum Gasteiger partial charge on any atom is 0.0465 e. The van der Waals surface area contributed by atoms with Gasteiger partial charge in [-0.1, -0.05) is 182 Å². The molecule has 0 saturated heterocycles.